The van der Waals surface area contributed by atoms with E-state index in [9.17, 15) is 4.79 Å². The number of fused-ring (bicyclic) bond motifs is 1. The predicted octanol–water partition coefficient (Wildman–Crippen LogP) is 2.97. The Morgan fingerprint density at radius 2 is 2.11 bits per heavy atom. The quantitative estimate of drug-likeness (QED) is 0.768. The number of nitrogens with zero attached hydrogens (tertiary/aromatic N) is 2. The monoisotopic (exact) mass is 264 g/mol. The molecule has 106 valence electrons. The molecule has 1 aliphatic carbocycles. The van der Waals surface area contributed by atoms with Crippen molar-refractivity contribution in [2.45, 2.75) is 65.3 Å². The molecule has 1 heterocycles. The lowest BCUT2D eigenvalue weighted by Crippen LogP contribution is -2.25. The zero-order chi connectivity index (χ0) is 13.8. The van der Waals surface area contributed by atoms with Crippen LogP contribution in [0.25, 0.3) is 0 Å². The van der Waals surface area contributed by atoms with E-state index in [0.717, 1.165) is 31.5 Å². The summed E-state index contributed by atoms with van der Waals surface area (Å²) in [7, 11) is 0. The van der Waals surface area contributed by atoms with Crippen molar-refractivity contribution < 1.29 is 9.53 Å². The molecule has 0 aliphatic heterocycles. The summed E-state index contributed by atoms with van der Waals surface area (Å²) >= 11 is 0. The van der Waals surface area contributed by atoms with Gasteiger partial charge in [-0.1, -0.05) is 13.3 Å². The Morgan fingerprint density at radius 1 is 1.37 bits per heavy atom. The Hall–Kier alpha value is -1.32. The second-order valence-corrected chi connectivity index (χ2v) is 5.19. The number of esters is 1. The molecule has 0 amide bonds. The molecule has 0 fully saturated rings. The minimum Gasteiger partial charge on any atom is -0.464 e. The molecule has 0 saturated heterocycles. The average molecular weight is 264 g/mol. The molecule has 0 N–H and O–H groups in total. The normalized spacial score (nSPS) is 15.9. The Bertz CT molecular complexity index is 451. The summed E-state index contributed by atoms with van der Waals surface area (Å²) in [6.07, 6.45) is 6.28. The third kappa shape index (κ3) is 2.82. The number of hydrogen-bond donors (Lipinski definition) is 0. The molecular formula is C15H24N2O2. The van der Waals surface area contributed by atoms with Crippen LogP contribution in [0.1, 0.15) is 62.8 Å². The summed E-state index contributed by atoms with van der Waals surface area (Å²) in [5, 5.41) is 0. The van der Waals surface area contributed by atoms with Crippen LogP contribution in [0.15, 0.2) is 0 Å². The van der Waals surface area contributed by atoms with E-state index < -0.39 is 0 Å². The molecule has 0 bridgehead atoms. The first kappa shape index (κ1) is 14.1. The van der Waals surface area contributed by atoms with Crippen molar-refractivity contribution in [1.82, 2.24) is 9.55 Å². The highest BCUT2D eigenvalue weighted by Gasteiger charge is 2.28. The molecule has 0 aromatic carbocycles. The van der Waals surface area contributed by atoms with E-state index in [1.165, 1.54) is 24.2 Å². The van der Waals surface area contributed by atoms with Gasteiger partial charge in [-0.3, -0.25) is 0 Å². The number of carbonyl (C=O) groups excluding carboxylic acids is 1. The Kier molecular flexibility index (Phi) is 4.61. The van der Waals surface area contributed by atoms with Crippen LogP contribution in [0.5, 0.6) is 0 Å². The van der Waals surface area contributed by atoms with Gasteiger partial charge in [0, 0.05) is 5.69 Å². The lowest BCUT2D eigenvalue weighted by Gasteiger charge is -2.22. The van der Waals surface area contributed by atoms with Gasteiger partial charge >= 0.3 is 5.97 Å². The van der Waals surface area contributed by atoms with Crippen molar-refractivity contribution >= 4 is 5.97 Å². The fourth-order valence-electron chi connectivity index (χ4n) is 2.98. The van der Waals surface area contributed by atoms with Gasteiger partial charge < -0.3 is 9.30 Å². The third-order valence-corrected chi connectivity index (χ3v) is 3.78. The molecular weight excluding hydrogens is 240 g/mol. The summed E-state index contributed by atoms with van der Waals surface area (Å²) in [6, 6.07) is -0.195. The topological polar surface area (TPSA) is 44.1 Å². The van der Waals surface area contributed by atoms with E-state index in [-0.39, 0.29) is 12.0 Å². The lowest BCUT2D eigenvalue weighted by atomic mass is 10.0. The highest BCUT2D eigenvalue weighted by Crippen LogP contribution is 2.28. The van der Waals surface area contributed by atoms with Crippen LogP contribution in [-0.2, 0) is 22.4 Å². The van der Waals surface area contributed by atoms with Crippen molar-refractivity contribution in [1.29, 1.82) is 0 Å². The van der Waals surface area contributed by atoms with Crippen LogP contribution in [-0.4, -0.2) is 22.1 Å². The molecule has 0 radical (unpaired) electrons. The van der Waals surface area contributed by atoms with Crippen LogP contribution < -0.4 is 0 Å². The minimum absolute atomic E-state index is 0.113. The fourth-order valence-corrected chi connectivity index (χ4v) is 2.98. The molecule has 1 atom stereocenters. The van der Waals surface area contributed by atoms with E-state index in [4.69, 9.17) is 4.74 Å². The van der Waals surface area contributed by atoms with Gasteiger partial charge in [0.05, 0.1) is 12.3 Å². The Labute approximate surface area is 115 Å². The molecule has 1 aromatic heterocycles. The number of imidazole rings is 1. The first-order valence-electron chi connectivity index (χ1n) is 7.42. The summed E-state index contributed by atoms with van der Waals surface area (Å²) in [5.41, 5.74) is 2.45. The predicted molar refractivity (Wildman–Crippen MR) is 74.2 cm³/mol. The Balaban J connectivity index is 2.35. The highest BCUT2D eigenvalue weighted by molar-refractivity contribution is 5.74. The first-order chi connectivity index (χ1) is 9.19. The maximum absolute atomic E-state index is 12.2. The van der Waals surface area contributed by atoms with Gasteiger partial charge in [0.25, 0.3) is 0 Å². The Morgan fingerprint density at radius 3 is 2.79 bits per heavy atom. The summed E-state index contributed by atoms with van der Waals surface area (Å²) in [4.78, 5) is 16.9. The van der Waals surface area contributed by atoms with E-state index in [1.807, 2.05) is 13.8 Å². The minimum atomic E-state index is -0.195. The smallest absolute Gasteiger partial charge is 0.329 e. The molecule has 1 aliphatic rings. The maximum atomic E-state index is 12.2. The SMILES string of the molecule is CCCC(C(=O)OCC)n1c(C)nc2c1CCCC2. The number of rotatable bonds is 5. The van der Waals surface area contributed by atoms with Gasteiger partial charge in [-0.25, -0.2) is 9.78 Å². The van der Waals surface area contributed by atoms with Gasteiger partial charge in [0.2, 0.25) is 0 Å². The zero-order valence-corrected chi connectivity index (χ0v) is 12.2. The zero-order valence-electron chi connectivity index (χ0n) is 12.2. The molecule has 4 nitrogen and oxygen atoms in total. The van der Waals surface area contributed by atoms with Crippen LogP contribution in [0.3, 0.4) is 0 Å². The second kappa shape index (κ2) is 6.22. The van der Waals surface area contributed by atoms with E-state index >= 15 is 0 Å². The number of ether oxygens (including phenoxy) is 1. The standard InChI is InChI=1S/C15H24N2O2/c1-4-8-14(15(18)19-5-2)17-11(3)16-12-9-6-7-10-13(12)17/h14H,4-10H2,1-3H3. The van der Waals surface area contributed by atoms with Gasteiger partial charge in [-0.15, -0.1) is 0 Å². The lowest BCUT2D eigenvalue weighted by molar-refractivity contribution is -0.147. The molecule has 2 rings (SSSR count). The summed E-state index contributed by atoms with van der Waals surface area (Å²) in [5.74, 6) is 0.844. The van der Waals surface area contributed by atoms with Crippen molar-refractivity contribution in [3.63, 3.8) is 0 Å². The van der Waals surface area contributed by atoms with Gasteiger partial charge in [-0.05, 0) is 46.0 Å². The summed E-state index contributed by atoms with van der Waals surface area (Å²) in [6.45, 7) is 6.40. The summed E-state index contributed by atoms with van der Waals surface area (Å²) < 4.78 is 7.37. The van der Waals surface area contributed by atoms with Crippen LogP contribution >= 0.6 is 0 Å². The van der Waals surface area contributed by atoms with Crippen molar-refractivity contribution in [2.24, 2.45) is 0 Å². The fraction of sp³-hybridized carbons (Fsp3) is 0.733. The third-order valence-electron chi connectivity index (χ3n) is 3.78. The number of hydrogen-bond acceptors (Lipinski definition) is 3. The molecule has 1 unspecified atom stereocenters. The van der Waals surface area contributed by atoms with Crippen molar-refractivity contribution in [3.8, 4) is 0 Å². The number of aromatic nitrogens is 2. The first-order valence-corrected chi connectivity index (χ1v) is 7.42. The van der Waals surface area contributed by atoms with Crippen molar-refractivity contribution in [3.05, 3.63) is 17.2 Å². The molecule has 1 aromatic rings. The van der Waals surface area contributed by atoms with Crippen LogP contribution in [0.2, 0.25) is 0 Å². The van der Waals surface area contributed by atoms with E-state index in [0.29, 0.717) is 6.61 Å². The van der Waals surface area contributed by atoms with E-state index in [1.54, 1.807) is 0 Å². The van der Waals surface area contributed by atoms with Crippen LogP contribution in [0, 0.1) is 6.92 Å². The number of aryl methyl sites for hydroxylation is 2. The van der Waals surface area contributed by atoms with Gasteiger partial charge in [0.15, 0.2) is 0 Å². The van der Waals surface area contributed by atoms with Crippen molar-refractivity contribution in [2.75, 3.05) is 6.61 Å². The van der Waals surface area contributed by atoms with E-state index in [2.05, 4.69) is 16.5 Å². The maximum Gasteiger partial charge on any atom is 0.329 e. The molecule has 19 heavy (non-hydrogen) atoms. The average Bonchev–Trinajstić information content (AvgIpc) is 2.72. The largest absolute Gasteiger partial charge is 0.464 e. The van der Waals surface area contributed by atoms with Gasteiger partial charge in [-0.2, -0.15) is 0 Å². The highest BCUT2D eigenvalue weighted by atomic mass is 16.5. The number of carbonyl (C=O) groups is 1. The second-order valence-electron chi connectivity index (χ2n) is 5.19. The van der Waals surface area contributed by atoms with Crippen LogP contribution in [0.4, 0.5) is 0 Å². The molecule has 4 heteroatoms. The molecule has 0 saturated carbocycles. The molecule has 0 spiro atoms. The van der Waals surface area contributed by atoms with Gasteiger partial charge in [0.1, 0.15) is 11.9 Å².